The molecule has 2 heterocycles. The van der Waals surface area contributed by atoms with E-state index in [-0.39, 0.29) is 11.7 Å². The van der Waals surface area contributed by atoms with Crippen LogP contribution in [0.4, 0.5) is 0 Å². The molecule has 1 aromatic heterocycles. The van der Waals surface area contributed by atoms with Crippen molar-refractivity contribution in [2.75, 3.05) is 6.61 Å². The first-order valence-electron chi connectivity index (χ1n) is 6.43. The lowest BCUT2D eigenvalue weighted by Crippen LogP contribution is -2.24. The molecule has 0 saturated carbocycles. The molecule has 3 rings (SSSR count). The highest BCUT2D eigenvalue weighted by Gasteiger charge is 2.18. The fourth-order valence-corrected chi connectivity index (χ4v) is 2.44. The van der Waals surface area contributed by atoms with Crippen molar-refractivity contribution in [2.45, 2.75) is 31.9 Å². The first kappa shape index (κ1) is 12.1. The van der Waals surface area contributed by atoms with E-state index >= 15 is 0 Å². The van der Waals surface area contributed by atoms with Crippen LogP contribution in [0, 0.1) is 0 Å². The molecular formula is C13H15N3O3. The van der Waals surface area contributed by atoms with E-state index in [0.717, 1.165) is 31.4 Å². The van der Waals surface area contributed by atoms with Gasteiger partial charge < -0.3 is 9.84 Å². The Morgan fingerprint density at radius 2 is 2.37 bits per heavy atom. The zero-order chi connectivity index (χ0) is 13.2. The van der Waals surface area contributed by atoms with Gasteiger partial charge in [0.15, 0.2) is 0 Å². The van der Waals surface area contributed by atoms with E-state index in [1.165, 1.54) is 0 Å². The molecule has 1 atom stereocenters. The largest absolute Gasteiger partial charge is 0.478 e. The zero-order valence-electron chi connectivity index (χ0n) is 10.5. The molecule has 1 unspecified atom stereocenters. The van der Waals surface area contributed by atoms with Crippen molar-refractivity contribution in [1.82, 2.24) is 15.0 Å². The number of aromatic carboxylic acids is 1. The Hall–Kier alpha value is -1.95. The summed E-state index contributed by atoms with van der Waals surface area (Å²) < 4.78 is 7.41. The Morgan fingerprint density at radius 1 is 1.47 bits per heavy atom. The maximum atomic E-state index is 11.1. The number of benzene rings is 1. The minimum absolute atomic E-state index is 0.145. The van der Waals surface area contributed by atoms with Gasteiger partial charge in [0.05, 0.1) is 23.7 Å². The van der Waals surface area contributed by atoms with Gasteiger partial charge in [-0.1, -0.05) is 11.3 Å². The fraction of sp³-hybridized carbons (Fsp3) is 0.462. The maximum Gasteiger partial charge on any atom is 0.338 e. The van der Waals surface area contributed by atoms with Gasteiger partial charge in [0.25, 0.3) is 0 Å². The van der Waals surface area contributed by atoms with Crippen LogP contribution in [-0.2, 0) is 11.3 Å². The Balaban J connectivity index is 1.92. The molecule has 1 fully saturated rings. The Morgan fingerprint density at radius 3 is 3.11 bits per heavy atom. The summed E-state index contributed by atoms with van der Waals surface area (Å²) in [6.45, 7) is 1.41. The molecule has 0 amide bonds. The molecule has 6 heteroatoms. The summed E-state index contributed by atoms with van der Waals surface area (Å²) in [7, 11) is 0. The second-order valence-electron chi connectivity index (χ2n) is 4.74. The van der Waals surface area contributed by atoms with Crippen LogP contribution in [0.3, 0.4) is 0 Å². The van der Waals surface area contributed by atoms with Gasteiger partial charge in [-0.3, -0.25) is 0 Å². The summed E-state index contributed by atoms with van der Waals surface area (Å²) in [5.74, 6) is -0.980. The lowest BCUT2D eigenvalue weighted by atomic mass is 10.1. The van der Waals surface area contributed by atoms with Gasteiger partial charge in [0.2, 0.25) is 0 Å². The third kappa shape index (κ3) is 2.31. The predicted octanol–water partition coefficient (Wildman–Crippen LogP) is 1.70. The predicted molar refractivity (Wildman–Crippen MR) is 68.1 cm³/mol. The zero-order valence-corrected chi connectivity index (χ0v) is 10.5. The second kappa shape index (κ2) is 4.97. The summed E-state index contributed by atoms with van der Waals surface area (Å²) in [4.78, 5) is 11.1. The number of aromatic nitrogens is 3. The summed E-state index contributed by atoms with van der Waals surface area (Å²) in [6.07, 6.45) is 3.43. The van der Waals surface area contributed by atoms with Crippen molar-refractivity contribution < 1.29 is 14.6 Å². The first-order chi connectivity index (χ1) is 9.25. The van der Waals surface area contributed by atoms with Gasteiger partial charge >= 0.3 is 5.97 Å². The van der Waals surface area contributed by atoms with Crippen molar-refractivity contribution in [3.05, 3.63) is 23.8 Å². The molecule has 19 heavy (non-hydrogen) atoms. The van der Waals surface area contributed by atoms with Gasteiger partial charge in [-0.25, -0.2) is 9.48 Å². The smallest absolute Gasteiger partial charge is 0.338 e. The number of carboxylic acid groups (broad SMARTS) is 1. The monoisotopic (exact) mass is 261 g/mol. The number of ether oxygens (including phenoxy) is 1. The number of hydrogen-bond acceptors (Lipinski definition) is 4. The van der Waals surface area contributed by atoms with E-state index in [1.807, 2.05) is 6.07 Å². The average Bonchev–Trinajstić information content (AvgIpc) is 2.83. The van der Waals surface area contributed by atoms with Crippen LogP contribution in [0.2, 0.25) is 0 Å². The van der Waals surface area contributed by atoms with Gasteiger partial charge in [-0.15, -0.1) is 5.10 Å². The van der Waals surface area contributed by atoms with Crippen molar-refractivity contribution in [3.63, 3.8) is 0 Å². The standard InChI is InChI=1S/C13H15N3O3/c17-13(18)10-5-3-6-11-12(10)14-15-16(11)8-9-4-1-2-7-19-9/h3,5-6,9H,1-2,4,7-8H2,(H,17,18). The van der Waals surface area contributed by atoms with E-state index in [4.69, 9.17) is 9.84 Å². The van der Waals surface area contributed by atoms with Crippen LogP contribution in [0.5, 0.6) is 0 Å². The van der Waals surface area contributed by atoms with Crippen LogP contribution in [0.25, 0.3) is 11.0 Å². The number of hydrogen-bond donors (Lipinski definition) is 1. The molecule has 1 aromatic carbocycles. The van der Waals surface area contributed by atoms with E-state index < -0.39 is 5.97 Å². The van der Waals surface area contributed by atoms with Gasteiger partial charge in [-0.2, -0.15) is 0 Å². The molecule has 100 valence electrons. The summed E-state index contributed by atoms with van der Waals surface area (Å²) in [5, 5.41) is 17.1. The van der Waals surface area contributed by atoms with Gasteiger partial charge in [0.1, 0.15) is 5.52 Å². The summed E-state index contributed by atoms with van der Waals surface area (Å²) in [6, 6.07) is 5.10. The van der Waals surface area contributed by atoms with Gasteiger partial charge in [0, 0.05) is 6.61 Å². The van der Waals surface area contributed by atoms with E-state index in [1.54, 1.807) is 16.8 Å². The molecule has 0 radical (unpaired) electrons. The number of rotatable bonds is 3. The minimum atomic E-state index is -0.980. The Labute approximate surface area is 110 Å². The normalized spacial score (nSPS) is 19.7. The topological polar surface area (TPSA) is 77.2 Å². The van der Waals surface area contributed by atoms with Crippen molar-refractivity contribution in [1.29, 1.82) is 0 Å². The summed E-state index contributed by atoms with van der Waals surface area (Å²) >= 11 is 0. The minimum Gasteiger partial charge on any atom is -0.478 e. The lowest BCUT2D eigenvalue weighted by Gasteiger charge is -2.22. The SMILES string of the molecule is O=C(O)c1cccc2c1nnn2CC1CCCCO1. The Bertz CT molecular complexity index is 602. The molecule has 0 bridgehead atoms. The van der Waals surface area contributed by atoms with Crippen LogP contribution < -0.4 is 0 Å². The molecular weight excluding hydrogens is 246 g/mol. The molecule has 1 aliphatic heterocycles. The molecule has 1 aliphatic rings. The van der Waals surface area contributed by atoms with Crippen molar-refractivity contribution in [2.24, 2.45) is 0 Å². The number of carbonyl (C=O) groups is 1. The van der Waals surface area contributed by atoms with Crippen LogP contribution in [0.15, 0.2) is 18.2 Å². The quantitative estimate of drug-likeness (QED) is 0.909. The van der Waals surface area contributed by atoms with Crippen LogP contribution in [-0.4, -0.2) is 38.8 Å². The highest BCUT2D eigenvalue weighted by molar-refractivity contribution is 6.00. The first-order valence-corrected chi connectivity index (χ1v) is 6.43. The third-order valence-corrected chi connectivity index (χ3v) is 3.43. The molecule has 6 nitrogen and oxygen atoms in total. The second-order valence-corrected chi connectivity index (χ2v) is 4.74. The number of nitrogens with zero attached hydrogens (tertiary/aromatic N) is 3. The maximum absolute atomic E-state index is 11.1. The molecule has 1 N–H and O–H groups in total. The highest BCUT2D eigenvalue weighted by atomic mass is 16.5. The fourth-order valence-electron chi connectivity index (χ4n) is 2.44. The van der Waals surface area contributed by atoms with Crippen molar-refractivity contribution >= 4 is 17.0 Å². The number of carboxylic acids is 1. The Kier molecular flexibility index (Phi) is 3.16. The molecule has 1 saturated heterocycles. The van der Waals surface area contributed by atoms with Crippen LogP contribution in [0.1, 0.15) is 29.6 Å². The highest BCUT2D eigenvalue weighted by Crippen LogP contribution is 2.19. The summed E-state index contributed by atoms with van der Waals surface area (Å²) in [5.41, 5.74) is 1.37. The lowest BCUT2D eigenvalue weighted by molar-refractivity contribution is 0.00443. The third-order valence-electron chi connectivity index (χ3n) is 3.43. The molecule has 0 aliphatic carbocycles. The van der Waals surface area contributed by atoms with Gasteiger partial charge in [-0.05, 0) is 31.4 Å². The average molecular weight is 261 g/mol. The van der Waals surface area contributed by atoms with E-state index in [0.29, 0.717) is 12.1 Å². The molecule has 2 aromatic rings. The van der Waals surface area contributed by atoms with Crippen LogP contribution >= 0.6 is 0 Å². The van der Waals surface area contributed by atoms with E-state index in [2.05, 4.69) is 10.3 Å². The van der Waals surface area contributed by atoms with Crippen molar-refractivity contribution in [3.8, 4) is 0 Å². The number of fused-ring (bicyclic) bond motifs is 1. The molecule has 0 spiro atoms. The van der Waals surface area contributed by atoms with E-state index in [9.17, 15) is 4.79 Å².